The Labute approximate surface area is 277 Å². The Morgan fingerprint density at radius 1 is 0.979 bits per heavy atom. The predicted octanol–water partition coefficient (Wildman–Crippen LogP) is 5.36. The normalized spacial score (nSPS) is 26.8. The van der Waals surface area contributed by atoms with Crippen LogP contribution in [0.25, 0.3) is 10.8 Å². The molecule has 3 amide bonds. The Morgan fingerprint density at radius 3 is 2.32 bits per heavy atom. The van der Waals surface area contributed by atoms with Crippen molar-refractivity contribution >= 4 is 34.2 Å². The van der Waals surface area contributed by atoms with Crippen LogP contribution in [0.3, 0.4) is 0 Å². The molecular weight excluding hydrogens is 590 g/mol. The molecule has 6 rings (SSSR count). The predicted molar refractivity (Wildman–Crippen MR) is 183 cm³/mol. The molecule has 3 aliphatic rings. The maximum absolute atomic E-state index is 15.1. The van der Waals surface area contributed by atoms with Crippen molar-refractivity contribution < 1.29 is 24.2 Å². The van der Waals surface area contributed by atoms with Crippen LogP contribution in [0.15, 0.2) is 98.1 Å². The Morgan fingerprint density at radius 2 is 1.66 bits per heavy atom. The minimum atomic E-state index is -1.23. The zero-order valence-electron chi connectivity index (χ0n) is 27.5. The van der Waals surface area contributed by atoms with Crippen molar-refractivity contribution in [3.8, 4) is 0 Å². The number of carbonyl (C=O) groups excluding carboxylic acids is 3. The third-order valence-electron chi connectivity index (χ3n) is 10.5. The van der Waals surface area contributed by atoms with Gasteiger partial charge in [0, 0.05) is 25.3 Å². The first-order chi connectivity index (χ1) is 22.6. The maximum atomic E-state index is 15.1. The van der Waals surface area contributed by atoms with Crippen molar-refractivity contribution in [3.05, 3.63) is 104 Å². The molecule has 8 nitrogen and oxygen atoms in total. The van der Waals surface area contributed by atoms with Crippen LogP contribution >= 0.6 is 0 Å². The molecule has 0 aromatic heterocycles. The topological polar surface area (TPSA) is 90.4 Å². The van der Waals surface area contributed by atoms with Gasteiger partial charge in [0.05, 0.1) is 30.1 Å². The van der Waals surface area contributed by atoms with E-state index in [0.29, 0.717) is 31.6 Å². The van der Waals surface area contributed by atoms with Crippen molar-refractivity contribution in [3.63, 3.8) is 0 Å². The van der Waals surface area contributed by atoms with Gasteiger partial charge in [-0.3, -0.25) is 14.4 Å². The van der Waals surface area contributed by atoms with Crippen LogP contribution in [-0.2, 0) is 25.7 Å². The average molecular weight is 636 g/mol. The third-order valence-corrected chi connectivity index (χ3v) is 10.5. The van der Waals surface area contributed by atoms with Crippen LogP contribution in [-0.4, -0.2) is 75.6 Å². The summed E-state index contributed by atoms with van der Waals surface area (Å²) in [5.74, 6) is -2.63. The lowest BCUT2D eigenvalue weighted by atomic mass is 9.66. The van der Waals surface area contributed by atoms with E-state index in [1.165, 1.54) is 0 Å². The van der Waals surface area contributed by atoms with E-state index in [4.69, 9.17) is 4.74 Å². The summed E-state index contributed by atoms with van der Waals surface area (Å²) in [6.45, 7) is 14.2. The average Bonchev–Trinajstić information content (AvgIpc) is 3.64. The molecule has 3 aromatic rings. The number of rotatable bonds is 12. The molecule has 0 aliphatic carbocycles. The lowest BCUT2D eigenvalue weighted by Gasteiger charge is -2.40. The second-order valence-corrected chi connectivity index (χ2v) is 13.7. The van der Waals surface area contributed by atoms with Gasteiger partial charge in [0.15, 0.2) is 0 Å². The summed E-state index contributed by atoms with van der Waals surface area (Å²) in [6, 6.07) is 21.9. The van der Waals surface area contributed by atoms with E-state index in [2.05, 4.69) is 13.2 Å². The minimum absolute atomic E-state index is 0.153. The number of amides is 3. The molecule has 0 saturated carbocycles. The SMILES string of the molecule is C=CCN(Cc1ccccc1)C(=O)[C@H]1[C@H]2C(=O)N([C@@H](CO)C(C)C)C(C(=O)N(CC=C)c3ccc4ccccc4c3)C23CC[C@]1(C)O3. The first-order valence-corrected chi connectivity index (χ1v) is 16.6. The van der Waals surface area contributed by atoms with E-state index in [1.807, 2.05) is 93.6 Å². The molecule has 3 aromatic carbocycles. The number of aliphatic hydroxyl groups is 1. The number of anilines is 1. The Balaban J connectivity index is 1.44. The van der Waals surface area contributed by atoms with Crippen LogP contribution in [0.4, 0.5) is 5.69 Å². The van der Waals surface area contributed by atoms with Crippen molar-refractivity contribution in [2.24, 2.45) is 17.8 Å². The Kier molecular flexibility index (Phi) is 8.85. The van der Waals surface area contributed by atoms with Crippen molar-refractivity contribution in [2.75, 3.05) is 24.6 Å². The van der Waals surface area contributed by atoms with E-state index in [0.717, 1.165) is 16.3 Å². The highest BCUT2D eigenvalue weighted by Crippen LogP contribution is 2.64. The monoisotopic (exact) mass is 635 g/mol. The molecular formula is C39H45N3O5. The molecule has 246 valence electrons. The van der Waals surface area contributed by atoms with Gasteiger partial charge in [-0.05, 0) is 54.2 Å². The first-order valence-electron chi connectivity index (χ1n) is 16.6. The number of benzene rings is 3. The zero-order chi connectivity index (χ0) is 33.5. The van der Waals surface area contributed by atoms with Crippen molar-refractivity contribution in [1.29, 1.82) is 0 Å². The van der Waals surface area contributed by atoms with Gasteiger partial charge in [0.1, 0.15) is 11.6 Å². The molecule has 3 fully saturated rings. The molecule has 0 radical (unpaired) electrons. The molecule has 2 unspecified atom stereocenters. The standard InChI is InChI=1S/C39H45N3O5/c1-6-21-40(24-27-13-9-8-10-14-27)35(44)32-33-36(45)42(31(25-43)26(3)4)34(39(33)20-19-38(32,5)47-39)37(46)41(22-7-2)30-18-17-28-15-11-12-16-29(28)23-30/h6-18,23,26,31-34,43H,1-2,19-22,24-25H2,3-5H3/t31-,32+,33-,34?,38-,39?/m0/s1. The number of fused-ring (bicyclic) bond motifs is 2. The van der Waals surface area contributed by atoms with Gasteiger partial charge < -0.3 is 24.5 Å². The third kappa shape index (κ3) is 5.37. The first kappa shape index (κ1) is 32.7. The van der Waals surface area contributed by atoms with Crippen molar-refractivity contribution in [1.82, 2.24) is 9.80 Å². The van der Waals surface area contributed by atoms with Gasteiger partial charge >= 0.3 is 0 Å². The highest BCUT2D eigenvalue weighted by molar-refractivity contribution is 6.06. The highest BCUT2D eigenvalue weighted by Gasteiger charge is 2.79. The van der Waals surface area contributed by atoms with E-state index >= 15 is 4.79 Å². The summed E-state index contributed by atoms with van der Waals surface area (Å²) in [5, 5.41) is 12.7. The quantitative estimate of drug-likeness (QED) is 0.271. The van der Waals surface area contributed by atoms with E-state index in [-0.39, 0.29) is 36.8 Å². The number of likely N-dealkylation sites (tertiary alicyclic amines) is 1. The number of hydrogen-bond acceptors (Lipinski definition) is 5. The molecule has 47 heavy (non-hydrogen) atoms. The van der Waals surface area contributed by atoms with Gasteiger partial charge in [-0.15, -0.1) is 13.2 Å². The summed E-state index contributed by atoms with van der Waals surface area (Å²) in [4.78, 5) is 49.5. The summed E-state index contributed by atoms with van der Waals surface area (Å²) in [6.07, 6.45) is 4.35. The number of ether oxygens (including phenoxy) is 1. The smallest absolute Gasteiger partial charge is 0.253 e. The molecule has 2 bridgehead atoms. The minimum Gasteiger partial charge on any atom is -0.394 e. The molecule has 1 N–H and O–H groups in total. The fourth-order valence-electron chi connectivity index (χ4n) is 8.33. The van der Waals surface area contributed by atoms with Crippen LogP contribution in [0.1, 0.15) is 39.2 Å². The van der Waals surface area contributed by atoms with Gasteiger partial charge in [-0.1, -0.05) is 86.7 Å². The summed E-state index contributed by atoms with van der Waals surface area (Å²) >= 11 is 0. The Bertz CT molecular complexity index is 1690. The fourth-order valence-corrected chi connectivity index (χ4v) is 8.33. The molecule has 3 saturated heterocycles. The molecule has 1 spiro atoms. The Hall–Kier alpha value is -4.27. The summed E-state index contributed by atoms with van der Waals surface area (Å²) < 4.78 is 6.94. The van der Waals surface area contributed by atoms with E-state index < -0.39 is 35.1 Å². The zero-order valence-corrected chi connectivity index (χ0v) is 27.5. The van der Waals surface area contributed by atoms with E-state index in [9.17, 15) is 14.7 Å². The second kappa shape index (κ2) is 12.7. The van der Waals surface area contributed by atoms with Crippen molar-refractivity contribution in [2.45, 2.75) is 63.4 Å². The lowest BCUT2D eigenvalue weighted by molar-refractivity contribution is -0.153. The molecule has 6 atom stereocenters. The summed E-state index contributed by atoms with van der Waals surface area (Å²) in [5.41, 5.74) is -0.516. The van der Waals surface area contributed by atoms with E-state index in [1.54, 1.807) is 26.9 Å². The fraction of sp³-hybridized carbons (Fsp3) is 0.410. The van der Waals surface area contributed by atoms with Crippen LogP contribution in [0.2, 0.25) is 0 Å². The number of aliphatic hydroxyl groups excluding tert-OH is 1. The lowest BCUT2D eigenvalue weighted by Crippen LogP contribution is -2.60. The maximum Gasteiger partial charge on any atom is 0.253 e. The molecule has 3 aliphatic heterocycles. The van der Waals surface area contributed by atoms with Crippen LogP contribution < -0.4 is 4.90 Å². The second-order valence-electron chi connectivity index (χ2n) is 13.7. The van der Waals surface area contributed by atoms with Gasteiger partial charge in [0.2, 0.25) is 11.8 Å². The molecule has 8 heteroatoms. The van der Waals surface area contributed by atoms with Gasteiger partial charge in [-0.25, -0.2) is 0 Å². The van der Waals surface area contributed by atoms with Gasteiger partial charge in [-0.2, -0.15) is 0 Å². The van der Waals surface area contributed by atoms with Crippen LogP contribution in [0.5, 0.6) is 0 Å². The highest BCUT2D eigenvalue weighted by atomic mass is 16.5. The number of carbonyl (C=O) groups is 3. The summed E-state index contributed by atoms with van der Waals surface area (Å²) in [7, 11) is 0. The number of hydrogen-bond donors (Lipinski definition) is 1. The van der Waals surface area contributed by atoms with Crippen LogP contribution in [0, 0.1) is 17.8 Å². The number of nitrogens with zero attached hydrogens (tertiary/aromatic N) is 3. The molecule has 3 heterocycles. The largest absolute Gasteiger partial charge is 0.394 e. The van der Waals surface area contributed by atoms with Gasteiger partial charge in [0.25, 0.3) is 5.91 Å².